The first-order chi connectivity index (χ1) is 8.49. The first-order valence-corrected chi connectivity index (χ1v) is 10.0. The second-order valence-electron chi connectivity index (χ2n) is 6.81. The van der Waals surface area contributed by atoms with E-state index in [2.05, 4.69) is 33.9 Å². The molecule has 1 unspecified atom stereocenters. The van der Waals surface area contributed by atoms with Gasteiger partial charge in [-0.1, -0.05) is 45.5 Å². The molecule has 19 heavy (non-hydrogen) atoms. The topological polar surface area (TPSA) is 46.2 Å². The van der Waals surface area contributed by atoms with E-state index in [1.165, 1.54) is 0 Å². The predicted octanol–water partition coefficient (Wildman–Crippen LogP) is 3.58. The van der Waals surface area contributed by atoms with E-state index in [4.69, 9.17) is 17.3 Å². The number of hydrogen-bond acceptors (Lipinski definition) is 2. The zero-order valence-electron chi connectivity index (χ0n) is 12.8. The highest BCUT2D eigenvalue weighted by molar-refractivity contribution is 6.59. The molecule has 0 fully saturated rings. The number of anilines is 1. The molecule has 0 spiro atoms. The Morgan fingerprint density at radius 2 is 1.79 bits per heavy atom. The summed E-state index contributed by atoms with van der Waals surface area (Å²) in [5.41, 5.74) is 8.46. The Labute approximate surface area is 123 Å². The molecule has 1 aromatic carbocycles. The summed E-state index contributed by atoms with van der Waals surface area (Å²) >= 11 is 6.31. The largest absolute Gasteiger partial charge is 0.399 e. The summed E-state index contributed by atoms with van der Waals surface area (Å²) in [5, 5.41) is 11.1. The third kappa shape index (κ3) is 3.33. The lowest BCUT2D eigenvalue weighted by atomic mass is 9.84. The molecule has 1 atom stereocenters. The second-order valence-corrected chi connectivity index (χ2v) is 10.5. The average Bonchev–Trinajstić information content (AvgIpc) is 2.23. The van der Waals surface area contributed by atoms with Gasteiger partial charge in [0.1, 0.15) is 0 Å². The van der Waals surface area contributed by atoms with Gasteiger partial charge in [0.15, 0.2) is 0 Å². The molecule has 1 aromatic rings. The van der Waals surface area contributed by atoms with Crippen LogP contribution in [-0.2, 0) is 6.42 Å². The molecule has 3 N–H and O–H groups in total. The van der Waals surface area contributed by atoms with Crippen LogP contribution in [0.1, 0.15) is 31.9 Å². The summed E-state index contributed by atoms with van der Waals surface area (Å²) in [6.45, 7) is 12.6. The van der Waals surface area contributed by atoms with Crippen molar-refractivity contribution in [2.24, 2.45) is 5.41 Å². The van der Waals surface area contributed by atoms with E-state index in [0.717, 1.165) is 16.8 Å². The summed E-state index contributed by atoms with van der Waals surface area (Å²) in [7, 11) is -1.29. The Morgan fingerprint density at radius 1 is 1.26 bits per heavy atom. The van der Waals surface area contributed by atoms with Crippen LogP contribution in [0.2, 0.25) is 18.1 Å². The van der Waals surface area contributed by atoms with Crippen molar-refractivity contribution in [3.8, 4) is 0 Å². The van der Waals surface area contributed by atoms with Crippen LogP contribution < -0.4 is 5.73 Å². The van der Waals surface area contributed by atoms with Crippen molar-refractivity contribution in [2.45, 2.75) is 52.4 Å². The number of hydrogen-bond donors (Lipinski definition) is 2. The monoisotopic (exact) mass is 299 g/mol. The molecule has 0 aliphatic heterocycles. The van der Waals surface area contributed by atoms with Crippen LogP contribution in [0, 0.1) is 12.3 Å². The second kappa shape index (κ2) is 5.47. The average molecular weight is 300 g/mol. The van der Waals surface area contributed by atoms with Crippen molar-refractivity contribution in [2.75, 3.05) is 5.73 Å². The lowest BCUT2D eigenvalue weighted by molar-refractivity contribution is 0.0130. The molecular weight excluding hydrogens is 274 g/mol. The van der Waals surface area contributed by atoms with E-state index in [1.54, 1.807) is 0 Å². The van der Waals surface area contributed by atoms with Gasteiger partial charge in [0.25, 0.3) is 0 Å². The maximum atomic E-state index is 11.1. The maximum absolute atomic E-state index is 11.1. The van der Waals surface area contributed by atoms with Gasteiger partial charge in [0.05, 0.1) is 14.0 Å². The van der Waals surface area contributed by atoms with Gasteiger partial charge in [0, 0.05) is 10.7 Å². The predicted molar refractivity (Wildman–Crippen MR) is 87.6 cm³/mol. The maximum Gasteiger partial charge on any atom is 0.0702 e. The molecule has 108 valence electrons. The molecule has 0 aliphatic carbocycles. The van der Waals surface area contributed by atoms with E-state index in [1.807, 2.05) is 19.1 Å². The summed E-state index contributed by atoms with van der Waals surface area (Å²) in [4.78, 5) is 0. The summed E-state index contributed by atoms with van der Waals surface area (Å²) in [6.07, 6.45) is 0.573. The highest BCUT2D eigenvalue weighted by Crippen LogP contribution is 2.37. The fourth-order valence-electron chi connectivity index (χ4n) is 2.50. The Bertz CT molecular complexity index is 468. The van der Waals surface area contributed by atoms with Crippen LogP contribution in [0.15, 0.2) is 12.1 Å². The normalized spacial score (nSPS) is 15.6. The minimum Gasteiger partial charge on any atom is -0.399 e. The first-order valence-electron chi connectivity index (χ1n) is 6.76. The van der Waals surface area contributed by atoms with Gasteiger partial charge in [-0.05, 0) is 42.0 Å². The van der Waals surface area contributed by atoms with E-state index < -0.39 is 14.0 Å². The third-order valence-electron chi connectivity index (χ3n) is 4.15. The molecule has 0 saturated carbocycles. The number of nitrogens with two attached hydrogens (primary N) is 1. The number of halogens is 1. The Hall–Kier alpha value is -0.513. The minimum absolute atomic E-state index is 0.170. The number of benzene rings is 1. The van der Waals surface area contributed by atoms with Crippen molar-refractivity contribution in [3.05, 3.63) is 28.3 Å². The molecule has 2 nitrogen and oxygen atoms in total. The third-order valence-corrected chi connectivity index (χ3v) is 7.48. The van der Waals surface area contributed by atoms with Crippen molar-refractivity contribution in [3.63, 3.8) is 0 Å². The SMILES string of the molecule is Cc1cc(Cl)c(CC(O)([SiH](C)C)C(C)(C)C)cc1N. The molecule has 0 aromatic heterocycles. The fourth-order valence-corrected chi connectivity index (χ4v) is 5.14. The fraction of sp³-hybridized carbons (Fsp3) is 0.600. The Kier molecular flexibility index (Phi) is 4.76. The van der Waals surface area contributed by atoms with E-state index in [9.17, 15) is 5.11 Å². The highest BCUT2D eigenvalue weighted by Gasteiger charge is 2.43. The van der Waals surface area contributed by atoms with Crippen LogP contribution in [-0.4, -0.2) is 19.1 Å². The zero-order chi connectivity index (χ0) is 15.0. The van der Waals surface area contributed by atoms with Gasteiger partial charge in [-0.25, -0.2) is 0 Å². The van der Waals surface area contributed by atoms with Gasteiger partial charge in [0.2, 0.25) is 0 Å². The lowest BCUT2D eigenvalue weighted by Gasteiger charge is -2.43. The number of aryl methyl sites for hydroxylation is 1. The van der Waals surface area contributed by atoms with Crippen molar-refractivity contribution < 1.29 is 5.11 Å². The van der Waals surface area contributed by atoms with Crippen LogP contribution in [0.5, 0.6) is 0 Å². The van der Waals surface area contributed by atoms with Gasteiger partial charge < -0.3 is 10.8 Å². The molecule has 4 heteroatoms. The summed E-state index contributed by atoms with van der Waals surface area (Å²) < 4.78 is 0. The van der Waals surface area contributed by atoms with Gasteiger partial charge >= 0.3 is 0 Å². The van der Waals surface area contributed by atoms with Crippen molar-refractivity contribution in [1.82, 2.24) is 0 Å². The molecule has 1 rings (SSSR count). The molecule has 0 heterocycles. The molecular formula is C15H26ClNOSi. The highest BCUT2D eigenvalue weighted by atomic mass is 35.5. The quantitative estimate of drug-likeness (QED) is 0.662. The molecule has 0 aliphatic rings. The van der Waals surface area contributed by atoms with Crippen molar-refractivity contribution >= 4 is 26.1 Å². The standard InChI is InChI=1S/C15H26ClNOSi/c1-10-7-12(16)11(8-13(10)17)9-15(18,19(5)6)14(2,3)4/h7-8,18-19H,9,17H2,1-6H3. The Morgan fingerprint density at radius 3 is 2.21 bits per heavy atom. The van der Waals surface area contributed by atoms with Gasteiger partial charge in [-0.15, -0.1) is 0 Å². The number of rotatable bonds is 3. The van der Waals surface area contributed by atoms with Crippen molar-refractivity contribution in [1.29, 1.82) is 0 Å². The number of nitrogen functional groups attached to an aromatic ring is 1. The molecule has 0 saturated heterocycles. The smallest absolute Gasteiger partial charge is 0.0702 e. The molecule has 0 radical (unpaired) electrons. The zero-order valence-corrected chi connectivity index (χ0v) is 14.8. The molecule has 0 amide bonds. The van der Waals surface area contributed by atoms with E-state index in [-0.39, 0.29) is 5.41 Å². The van der Waals surface area contributed by atoms with E-state index >= 15 is 0 Å². The summed E-state index contributed by atoms with van der Waals surface area (Å²) in [6, 6.07) is 3.79. The Balaban J connectivity index is 3.22. The van der Waals surface area contributed by atoms with Gasteiger partial charge in [-0.2, -0.15) is 0 Å². The minimum atomic E-state index is -1.29. The van der Waals surface area contributed by atoms with Crippen LogP contribution in [0.4, 0.5) is 5.69 Å². The van der Waals surface area contributed by atoms with Crippen LogP contribution in [0.25, 0.3) is 0 Å². The lowest BCUT2D eigenvalue weighted by Crippen LogP contribution is -2.54. The summed E-state index contributed by atoms with van der Waals surface area (Å²) in [5.74, 6) is 0. The first kappa shape index (κ1) is 16.5. The van der Waals surface area contributed by atoms with Gasteiger partial charge in [-0.3, -0.25) is 0 Å². The van der Waals surface area contributed by atoms with Crippen LogP contribution in [0.3, 0.4) is 0 Å². The van der Waals surface area contributed by atoms with E-state index in [0.29, 0.717) is 11.4 Å². The number of aliphatic hydroxyl groups is 1. The molecule has 0 bridgehead atoms. The van der Waals surface area contributed by atoms with Crippen LogP contribution >= 0.6 is 11.6 Å².